The number of benzene rings is 1. The summed E-state index contributed by atoms with van der Waals surface area (Å²) in [5.74, 6) is -1.04. The van der Waals surface area contributed by atoms with Crippen LogP contribution in [0.3, 0.4) is 0 Å². The predicted molar refractivity (Wildman–Crippen MR) is 129 cm³/mol. The summed E-state index contributed by atoms with van der Waals surface area (Å²) in [6.07, 6.45) is 1.57. The smallest absolute Gasteiger partial charge is 0.283 e. The molecule has 0 unspecified atom stereocenters. The van der Waals surface area contributed by atoms with Gasteiger partial charge in [-0.3, -0.25) is 10.2 Å². The van der Waals surface area contributed by atoms with Crippen LogP contribution in [0.15, 0.2) is 39.2 Å². The first-order chi connectivity index (χ1) is 15.1. The van der Waals surface area contributed by atoms with Crippen LogP contribution >= 0.6 is 23.5 Å². The number of rotatable bonds is 3. The van der Waals surface area contributed by atoms with Crippen LogP contribution in [0.5, 0.6) is 0 Å². The van der Waals surface area contributed by atoms with E-state index >= 15 is 0 Å². The first-order valence-electron chi connectivity index (χ1n) is 9.72. The molecular formula is C21H20ClN5O3S2. The minimum atomic E-state index is -3.69. The summed E-state index contributed by atoms with van der Waals surface area (Å²) >= 11 is 7.08. The van der Waals surface area contributed by atoms with Gasteiger partial charge >= 0.3 is 0 Å². The molecule has 4 rings (SSSR count). The van der Waals surface area contributed by atoms with Crippen molar-refractivity contribution in [2.24, 2.45) is 9.39 Å². The topological polar surface area (TPSA) is 108 Å². The molecule has 0 spiro atoms. The standard InChI is InChI=1S/C21H20ClN5O3S2/c1-5-32(29,30)21-25-31-20-24-19(28)15(18(23)27(20)21)10-14-9-11(2)26(13(14)4)17-8-6-7-16(22)12(17)3/h6-10,23H,5H2,1-4H3/b15-10-,23-18?. The highest BCUT2D eigenvalue weighted by atomic mass is 35.5. The number of aromatic nitrogens is 1. The maximum Gasteiger partial charge on any atom is 0.283 e. The molecule has 0 atom stereocenters. The molecule has 1 amide bonds. The van der Waals surface area contributed by atoms with Crippen molar-refractivity contribution in [3.8, 4) is 5.69 Å². The Labute approximate surface area is 195 Å². The Morgan fingerprint density at radius 1 is 1.25 bits per heavy atom. The molecule has 0 fully saturated rings. The average molecular weight is 490 g/mol. The fourth-order valence-electron chi connectivity index (χ4n) is 3.63. The molecule has 1 aromatic carbocycles. The number of amides is 1. The molecule has 0 bridgehead atoms. The van der Waals surface area contributed by atoms with Crippen molar-refractivity contribution < 1.29 is 13.2 Å². The molecule has 0 aliphatic carbocycles. The molecule has 11 heteroatoms. The molecule has 2 aromatic rings. The second kappa shape index (κ2) is 8.02. The summed E-state index contributed by atoms with van der Waals surface area (Å²) < 4.78 is 30.8. The first kappa shape index (κ1) is 22.5. The normalized spacial score (nSPS) is 17.7. The van der Waals surface area contributed by atoms with Crippen LogP contribution < -0.4 is 0 Å². The van der Waals surface area contributed by atoms with Gasteiger partial charge in [-0.05, 0) is 56.2 Å². The molecule has 2 aliphatic rings. The number of carbonyl (C=O) groups excluding carboxylic acids is 1. The SMILES string of the molecule is CCS(=O)(=O)C1=NSC2=NC(=O)/C(=C\c3cc(C)n(-c4cccc(Cl)c4C)c3C)C(=N)N21. The lowest BCUT2D eigenvalue weighted by molar-refractivity contribution is -0.114. The number of hydrogen-bond acceptors (Lipinski definition) is 6. The van der Waals surface area contributed by atoms with E-state index in [0.717, 1.165) is 45.0 Å². The Kier molecular flexibility index (Phi) is 5.64. The lowest BCUT2D eigenvalue weighted by Gasteiger charge is -2.24. The van der Waals surface area contributed by atoms with E-state index in [1.54, 1.807) is 6.08 Å². The maximum atomic E-state index is 12.7. The molecule has 0 radical (unpaired) electrons. The van der Waals surface area contributed by atoms with Gasteiger partial charge in [0.2, 0.25) is 20.2 Å². The van der Waals surface area contributed by atoms with Gasteiger partial charge in [0, 0.05) is 22.1 Å². The Morgan fingerprint density at radius 2 is 1.97 bits per heavy atom. The number of hydrogen-bond donors (Lipinski definition) is 1. The van der Waals surface area contributed by atoms with E-state index in [4.69, 9.17) is 17.0 Å². The zero-order valence-corrected chi connectivity index (χ0v) is 20.2. The molecule has 0 saturated carbocycles. The monoisotopic (exact) mass is 489 g/mol. The second-order valence-electron chi connectivity index (χ2n) is 7.36. The lowest BCUT2D eigenvalue weighted by atomic mass is 10.1. The van der Waals surface area contributed by atoms with Crippen molar-refractivity contribution in [2.75, 3.05) is 5.75 Å². The Hall–Kier alpha value is -2.69. The van der Waals surface area contributed by atoms with E-state index < -0.39 is 15.7 Å². The molecule has 3 heterocycles. The minimum absolute atomic E-state index is 0.00156. The van der Waals surface area contributed by atoms with Crippen LogP contribution in [0.25, 0.3) is 11.8 Å². The van der Waals surface area contributed by atoms with Gasteiger partial charge in [0.15, 0.2) is 0 Å². The molecule has 8 nitrogen and oxygen atoms in total. The highest BCUT2D eigenvalue weighted by molar-refractivity contribution is 8.16. The predicted octanol–water partition coefficient (Wildman–Crippen LogP) is 4.07. The van der Waals surface area contributed by atoms with Crippen LogP contribution in [-0.2, 0) is 14.6 Å². The van der Waals surface area contributed by atoms with E-state index in [1.165, 1.54) is 6.92 Å². The van der Waals surface area contributed by atoms with Crippen molar-refractivity contribution in [3.63, 3.8) is 0 Å². The number of sulfone groups is 1. The highest BCUT2D eigenvalue weighted by Crippen LogP contribution is 2.32. The fraction of sp³-hybridized carbons (Fsp3) is 0.238. The number of aliphatic imine (C=N–C) groups is 1. The van der Waals surface area contributed by atoms with Crippen LogP contribution in [-0.4, -0.2) is 45.7 Å². The number of amidine groups is 3. The van der Waals surface area contributed by atoms with Crippen LogP contribution in [0.1, 0.15) is 29.4 Å². The Morgan fingerprint density at radius 3 is 2.66 bits per heavy atom. The van der Waals surface area contributed by atoms with E-state index in [-0.39, 0.29) is 27.5 Å². The Balaban J connectivity index is 1.80. The quantitative estimate of drug-likeness (QED) is 0.516. The van der Waals surface area contributed by atoms with Crippen molar-refractivity contribution in [1.29, 1.82) is 5.41 Å². The third kappa shape index (κ3) is 3.52. The van der Waals surface area contributed by atoms with Gasteiger partial charge < -0.3 is 4.57 Å². The molecule has 0 saturated heterocycles. The van der Waals surface area contributed by atoms with Crippen molar-refractivity contribution >= 4 is 61.5 Å². The summed E-state index contributed by atoms with van der Waals surface area (Å²) in [5.41, 5.74) is 4.33. The van der Waals surface area contributed by atoms with Gasteiger partial charge in [0.1, 0.15) is 5.84 Å². The summed E-state index contributed by atoms with van der Waals surface area (Å²) in [6, 6.07) is 7.56. The number of halogens is 1. The second-order valence-corrected chi connectivity index (χ2v) is 10.7. The molecule has 2 aliphatic heterocycles. The maximum absolute atomic E-state index is 12.7. The molecule has 1 aromatic heterocycles. The van der Waals surface area contributed by atoms with E-state index in [0.29, 0.717) is 5.02 Å². The van der Waals surface area contributed by atoms with E-state index in [1.807, 2.05) is 49.6 Å². The third-order valence-corrected chi connectivity index (χ3v) is 8.22. The van der Waals surface area contributed by atoms with Crippen molar-refractivity contribution in [1.82, 2.24) is 9.47 Å². The van der Waals surface area contributed by atoms with Gasteiger partial charge in [0.05, 0.1) is 23.3 Å². The van der Waals surface area contributed by atoms with Crippen molar-refractivity contribution in [3.05, 3.63) is 57.4 Å². The van der Waals surface area contributed by atoms with Crippen LogP contribution in [0.2, 0.25) is 5.02 Å². The first-order valence-corrected chi connectivity index (χ1v) is 12.5. The Bertz CT molecular complexity index is 1390. The minimum Gasteiger partial charge on any atom is -0.318 e. The summed E-state index contributed by atoms with van der Waals surface area (Å²) in [7, 11) is -3.69. The molecule has 166 valence electrons. The molecular weight excluding hydrogens is 470 g/mol. The van der Waals surface area contributed by atoms with Gasteiger partial charge in [-0.25, -0.2) is 13.3 Å². The summed E-state index contributed by atoms with van der Waals surface area (Å²) in [6.45, 7) is 7.28. The molecule has 32 heavy (non-hydrogen) atoms. The zero-order valence-electron chi connectivity index (χ0n) is 17.8. The summed E-state index contributed by atoms with van der Waals surface area (Å²) in [4.78, 5) is 17.8. The third-order valence-electron chi connectivity index (χ3n) is 5.40. The van der Waals surface area contributed by atoms with Gasteiger partial charge in [-0.1, -0.05) is 24.6 Å². The number of fused-ring (bicyclic) bond motifs is 1. The summed E-state index contributed by atoms with van der Waals surface area (Å²) in [5, 5.41) is 9.02. The zero-order chi connectivity index (χ0) is 23.4. The number of aryl methyl sites for hydroxylation is 1. The van der Waals surface area contributed by atoms with Crippen molar-refractivity contribution in [2.45, 2.75) is 27.7 Å². The largest absolute Gasteiger partial charge is 0.318 e. The number of carbonyl (C=O) groups is 1. The highest BCUT2D eigenvalue weighted by Gasteiger charge is 2.42. The number of nitrogens with zero attached hydrogens (tertiary/aromatic N) is 4. The number of nitrogens with one attached hydrogen (secondary N) is 1. The average Bonchev–Trinajstić information content (AvgIpc) is 3.29. The van der Waals surface area contributed by atoms with Crippen LogP contribution in [0, 0.1) is 26.2 Å². The van der Waals surface area contributed by atoms with Gasteiger partial charge in [0.25, 0.3) is 5.91 Å². The van der Waals surface area contributed by atoms with Crippen LogP contribution in [0.4, 0.5) is 0 Å². The van der Waals surface area contributed by atoms with Gasteiger partial charge in [-0.15, -0.1) is 0 Å². The lowest BCUT2D eigenvalue weighted by Crippen LogP contribution is -2.45. The van der Waals surface area contributed by atoms with E-state index in [9.17, 15) is 13.2 Å². The van der Waals surface area contributed by atoms with E-state index in [2.05, 4.69) is 9.39 Å². The van der Waals surface area contributed by atoms with Gasteiger partial charge in [-0.2, -0.15) is 9.39 Å². The molecule has 1 N–H and O–H groups in total. The fourth-order valence-corrected chi connectivity index (χ4v) is 5.76.